The lowest BCUT2D eigenvalue weighted by molar-refractivity contribution is 0.112. The molecular formula is C15H23ClN2O. The third kappa shape index (κ3) is 4.46. The Morgan fingerprint density at radius 1 is 1.11 bits per heavy atom. The minimum atomic E-state index is 0.0602. The van der Waals surface area contributed by atoms with Crippen molar-refractivity contribution in [2.75, 3.05) is 45.9 Å². The quantitative estimate of drug-likeness (QED) is 0.836. The largest absolute Gasteiger partial charge is 0.395 e. The van der Waals surface area contributed by atoms with Gasteiger partial charge in [0.1, 0.15) is 0 Å². The Morgan fingerprint density at radius 2 is 1.68 bits per heavy atom. The summed E-state index contributed by atoms with van der Waals surface area (Å²) in [6.07, 6.45) is 0. The maximum Gasteiger partial charge on any atom is 0.0712 e. The minimum absolute atomic E-state index is 0.0602. The predicted octanol–water partition coefficient (Wildman–Crippen LogP) is 1.88. The molecule has 1 unspecified atom stereocenters. The van der Waals surface area contributed by atoms with Crippen molar-refractivity contribution in [3.05, 3.63) is 35.4 Å². The van der Waals surface area contributed by atoms with Crippen LogP contribution in [-0.2, 0) is 0 Å². The molecule has 2 rings (SSSR count). The Hall–Kier alpha value is -0.610. The normalized spacial score (nSPS) is 19.5. The number of halogens is 1. The van der Waals surface area contributed by atoms with E-state index in [1.165, 1.54) is 11.1 Å². The van der Waals surface area contributed by atoms with Crippen LogP contribution in [0, 0.1) is 6.92 Å². The van der Waals surface area contributed by atoms with E-state index in [0.717, 1.165) is 39.3 Å². The van der Waals surface area contributed by atoms with Crippen LogP contribution >= 0.6 is 11.6 Å². The summed E-state index contributed by atoms with van der Waals surface area (Å²) in [7, 11) is 0. The fourth-order valence-corrected chi connectivity index (χ4v) is 2.78. The van der Waals surface area contributed by atoms with E-state index in [4.69, 9.17) is 16.7 Å². The average molecular weight is 283 g/mol. The molecule has 0 radical (unpaired) electrons. The number of nitrogens with zero attached hydrogens (tertiary/aromatic N) is 2. The fourth-order valence-electron chi connectivity index (χ4n) is 2.44. The zero-order chi connectivity index (χ0) is 13.7. The zero-order valence-corrected chi connectivity index (χ0v) is 12.3. The van der Waals surface area contributed by atoms with Crippen LogP contribution in [0.4, 0.5) is 0 Å². The van der Waals surface area contributed by atoms with Crippen LogP contribution in [0.2, 0.25) is 0 Å². The average Bonchev–Trinajstić information content (AvgIpc) is 2.42. The first-order chi connectivity index (χ1) is 9.19. The second-order valence-corrected chi connectivity index (χ2v) is 5.77. The number of rotatable bonds is 5. The number of alkyl halides is 1. The number of β-amino-alcohol motifs (C(OH)–C–C–N with tert-alkyl or cyclic N) is 1. The van der Waals surface area contributed by atoms with E-state index >= 15 is 0 Å². The van der Waals surface area contributed by atoms with Gasteiger partial charge < -0.3 is 5.11 Å². The van der Waals surface area contributed by atoms with Crippen LogP contribution in [-0.4, -0.2) is 60.8 Å². The zero-order valence-electron chi connectivity index (χ0n) is 11.6. The Labute approximate surface area is 120 Å². The fraction of sp³-hybridized carbons (Fsp3) is 0.600. The van der Waals surface area contributed by atoms with E-state index in [2.05, 4.69) is 41.0 Å². The van der Waals surface area contributed by atoms with Gasteiger partial charge in [0.2, 0.25) is 0 Å². The van der Waals surface area contributed by atoms with E-state index in [1.807, 2.05) is 0 Å². The summed E-state index contributed by atoms with van der Waals surface area (Å²) in [5.41, 5.74) is 2.47. The molecule has 0 saturated carbocycles. The van der Waals surface area contributed by atoms with Gasteiger partial charge in [-0.25, -0.2) is 0 Å². The molecule has 0 amide bonds. The molecule has 1 heterocycles. The van der Waals surface area contributed by atoms with Crippen molar-refractivity contribution >= 4 is 11.6 Å². The van der Waals surface area contributed by atoms with E-state index in [0.29, 0.717) is 0 Å². The summed E-state index contributed by atoms with van der Waals surface area (Å²) in [5, 5.41) is 8.98. The van der Waals surface area contributed by atoms with Gasteiger partial charge in [0, 0.05) is 39.3 Å². The highest BCUT2D eigenvalue weighted by Crippen LogP contribution is 2.22. The maximum atomic E-state index is 8.92. The molecule has 1 aliphatic heterocycles. The summed E-state index contributed by atoms with van der Waals surface area (Å²) >= 11 is 6.49. The summed E-state index contributed by atoms with van der Waals surface area (Å²) in [4.78, 5) is 4.71. The van der Waals surface area contributed by atoms with Crippen LogP contribution in [0.3, 0.4) is 0 Å². The molecule has 0 aliphatic carbocycles. The molecule has 19 heavy (non-hydrogen) atoms. The summed E-state index contributed by atoms with van der Waals surface area (Å²) in [6.45, 7) is 8.16. The van der Waals surface area contributed by atoms with Crippen LogP contribution < -0.4 is 0 Å². The van der Waals surface area contributed by atoms with Crippen molar-refractivity contribution in [3.8, 4) is 0 Å². The highest BCUT2D eigenvalue weighted by molar-refractivity contribution is 6.21. The van der Waals surface area contributed by atoms with Crippen molar-refractivity contribution in [1.29, 1.82) is 0 Å². The second-order valence-electron chi connectivity index (χ2n) is 5.24. The third-order valence-corrected chi connectivity index (χ3v) is 4.13. The number of aryl methyl sites for hydroxylation is 1. The molecule has 1 fully saturated rings. The SMILES string of the molecule is Cc1ccc(C(Cl)CN2CCN(CCO)CC2)cc1. The topological polar surface area (TPSA) is 26.7 Å². The summed E-state index contributed by atoms with van der Waals surface area (Å²) < 4.78 is 0. The predicted molar refractivity (Wildman–Crippen MR) is 79.7 cm³/mol. The van der Waals surface area contributed by atoms with Crippen molar-refractivity contribution < 1.29 is 5.11 Å². The van der Waals surface area contributed by atoms with E-state index < -0.39 is 0 Å². The standard InChI is InChI=1S/C15H23ClN2O/c1-13-2-4-14(5-3-13)15(16)12-18-8-6-17(7-9-18)10-11-19/h2-5,15,19H,6-12H2,1H3. The molecule has 3 nitrogen and oxygen atoms in total. The molecule has 4 heteroatoms. The number of aliphatic hydroxyl groups excluding tert-OH is 1. The Kier molecular flexibility index (Phi) is 5.64. The molecule has 1 aromatic carbocycles. The van der Waals surface area contributed by atoms with Crippen molar-refractivity contribution in [2.24, 2.45) is 0 Å². The van der Waals surface area contributed by atoms with Gasteiger partial charge in [0.25, 0.3) is 0 Å². The first-order valence-electron chi connectivity index (χ1n) is 6.95. The lowest BCUT2D eigenvalue weighted by Gasteiger charge is -2.35. The third-order valence-electron chi connectivity index (χ3n) is 3.74. The summed E-state index contributed by atoms with van der Waals surface area (Å²) in [6, 6.07) is 8.47. The molecule has 1 aliphatic rings. The molecule has 0 spiro atoms. The first kappa shape index (κ1) is 14.8. The van der Waals surface area contributed by atoms with E-state index in [9.17, 15) is 0 Å². The Morgan fingerprint density at radius 3 is 2.26 bits per heavy atom. The van der Waals surface area contributed by atoms with Gasteiger partial charge in [-0.2, -0.15) is 0 Å². The van der Waals surface area contributed by atoms with Crippen LogP contribution in [0.25, 0.3) is 0 Å². The lowest BCUT2D eigenvalue weighted by atomic mass is 10.1. The van der Waals surface area contributed by atoms with Crippen LogP contribution in [0.15, 0.2) is 24.3 Å². The monoisotopic (exact) mass is 282 g/mol. The summed E-state index contributed by atoms with van der Waals surface area (Å²) in [5.74, 6) is 0. The van der Waals surface area contributed by atoms with Gasteiger partial charge in [-0.05, 0) is 12.5 Å². The smallest absolute Gasteiger partial charge is 0.0712 e. The molecule has 106 valence electrons. The molecular weight excluding hydrogens is 260 g/mol. The van der Waals surface area contributed by atoms with Crippen molar-refractivity contribution in [2.45, 2.75) is 12.3 Å². The van der Waals surface area contributed by atoms with Gasteiger partial charge in [0.05, 0.1) is 12.0 Å². The molecule has 1 atom stereocenters. The first-order valence-corrected chi connectivity index (χ1v) is 7.39. The molecule has 1 N–H and O–H groups in total. The lowest BCUT2D eigenvalue weighted by Crippen LogP contribution is -2.47. The van der Waals surface area contributed by atoms with E-state index in [-0.39, 0.29) is 12.0 Å². The maximum absolute atomic E-state index is 8.92. The number of benzene rings is 1. The number of hydrogen-bond donors (Lipinski definition) is 1. The molecule has 0 bridgehead atoms. The van der Waals surface area contributed by atoms with Crippen LogP contribution in [0.1, 0.15) is 16.5 Å². The number of piperazine rings is 1. The number of hydrogen-bond acceptors (Lipinski definition) is 3. The molecule has 1 aromatic rings. The van der Waals surface area contributed by atoms with Crippen LogP contribution in [0.5, 0.6) is 0 Å². The van der Waals surface area contributed by atoms with Gasteiger partial charge >= 0.3 is 0 Å². The molecule has 1 saturated heterocycles. The van der Waals surface area contributed by atoms with Gasteiger partial charge in [-0.3, -0.25) is 9.80 Å². The van der Waals surface area contributed by atoms with E-state index in [1.54, 1.807) is 0 Å². The van der Waals surface area contributed by atoms with Gasteiger partial charge in [-0.15, -0.1) is 11.6 Å². The molecule has 0 aromatic heterocycles. The minimum Gasteiger partial charge on any atom is -0.395 e. The highest BCUT2D eigenvalue weighted by atomic mass is 35.5. The second kappa shape index (κ2) is 7.25. The number of aliphatic hydroxyl groups is 1. The Bertz CT molecular complexity index is 374. The van der Waals surface area contributed by atoms with Gasteiger partial charge in [0.15, 0.2) is 0 Å². The Balaban J connectivity index is 1.80. The van der Waals surface area contributed by atoms with Crippen molar-refractivity contribution in [3.63, 3.8) is 0 Å². The van der Waals surface area contributed by atoms with Gasteiger partial charge in [-0.1, -0.05) is 29.8 Å². The van der Waals surface area contributed by atoms with Crippen molar-refractivity contribution in [1.82, 2.24) is 9.80 Å². The highest BCUT2D eigenvalue weighted by Gasteiger charge is 2.19.